The molecule has 1 saturated carbocycles. The van der Waals surface area contributed by atoms with Gasteiger partial charge in [0.15, 0.2) is 0 Å². The van der Waals surface area contributed by atoms with E-state index < -0.39 is 11.6 Å². The monoisotopic (exact) mass is 224 g/mol. The maximum absolute atomic E-state index is 13.3. The van der Waals surface area contributed by atoms with Crippen LogP contribution in [0.15, 0.2) is 12.3 Å². The van der Waals surface area contributed by atoms with E-state index in [9.17, 15) is 8.78 Å². The van der Waals surface area contributed by atoms with Crippen molar-refractivity contribution in [3.8, 4) is 0 Å². The summed E-state index contributed by atoms with van der Waals surface area (Å²) in [5.41, 5.74) is 0.912. The second-order valence-electron chi connectivity index (χ2n) is 5.16. The number of hydrogen-bond acceptors (Lipinski definition) is 2. The van der Waals surface area contributed by atoms with Crippen molar-refractivity contribution in [2.45, 2.75) is 19.3 Å². The lowest BCUT2D eigenvalue weighted by Crippen LogP contribution is -2.60. The standard InChI is InChI=1S/C12H14F2N2/c13-9-2-10(14)11(16-5-9)1-8-3-12(4-8)6-15-7-12/h2,5,8,15H,1,3-4,6-7H2. The Hall–Kier alpha value is -1.03. The van der Waals surface area contributed by atoms with E-state index in [4.69, 9.17) is 0 Å². The van der Waals surface area contributed by atoms with Gasteiger partial charge >= 0.3 is 0 Å². The Morgan fingerprint density at radius 1 is 1.38 bits per heavy atom. The van der Waals surface area contributed by atoms with Gasteiger partial charge in [0.1, 0.15) is 11.6 Å². The lowest BCUT2D eigenvalue weighted by atomic mass is 9.57. The smallest absolute Gasteiger partial charge is 0.147 e. The molecule has 2 nitrogen and oxygen atoms in total. The van der Waals surface area contributed by atoms with Gasteiger partial charge in [-0.15, -0.1) is 0 Å². The molecule has 1 saturated heterocycles. The summed E-state index contributed by atoms with van der Waals surface area (Å²) in [5, 5.41) is 3.27. The minimum Gasteiger partial charge on any atom is -0.316 e. The van der Waals surface area contributed by atoms with Gasteiger partial charge in [0.2, 0.25) is 0 Å². The van der Waals surface area contributed by atoms with Crippen LogP contribution >= 0.6 is 0 Å². The van der Waals surface area contributed by atoms with Crippen molar-refractivity contribution in [3.05, 3.63) is 29.6 Å². The highest BCUT2D eigenvalue weighted by molar-refractivity contribution is 5.12. The second-order valence-corrected chi connectivity index (χ2v) is 5.16. The van der Waals surface area contributed by atoms with E-state index in [2.05, 4.69) is 10.3 Å². The van der Waals surface area contributed by atoms with E-state index in [0.717, 1.165) is 38.2 Å². The Labute approximate surface area is 93.1 Å². The molecule has 3 rings (SSSR count). The molecule has 0 bridgehead atoms. The third-order valence-electron chi connectivity index (χ3n) is 3.81. The predicted molar refractivity (Wildman–Crippen MR) is 55.9 cm³/mol. The summed E-state index contributed by atoms with van der Waals surface area (Å²) in [7, 11) is 0. The Kier molecular flexibility index (Phi) is 2.21. The van der Waals surface area contributed by atoms with Crippen LogP contribution in [0.4, 0.5) is 8.78 Å². The molecular weight excluding hydrogens is 210 g/mol. The molecule has 1 aromatic rings. The Morgan fingerprint density at radius 3 is 2.69 bits per heavy atom. The molecule has 16 heavy (non-hydrogen) atoms. The van der Waals surface area contributed by atoms with Crippen molar-refractivity contribution in [1.82, 2.24) is 10.3 Å². The maximum Gasteiger partial charge on any atom is 0.147 e. The van der Waals surface area contributed by atoms with Crippen LogP contribution < -0.4 is 5.32 Å². The molecule has 0 atom stereocenters. The highest BCUT2D eigenvalue weighted by atomic mass is 19.1. The van der Waals surface area contributed by atoms with E-state index in [-0.39, 0.29) is 0 Å². The van der Waals surface area contributed by atoms with Crippen LogP contribution in [-0.2, 0) is 6.42 Å². The number of aromatic nitrogens is 1. The Morgan fingerprint density at radius 2 is 2.12 bits per heavy atom. The number of nitrogens with zero attached hydrogens (tertiary/aromatic N) is 1. The zero-order valence-corrected chi connectivity index (χ0v) is 8.97. The number of pyridine rings is 1. The quantitative estimate of drug-likeness (QED) is 0.830. The molecule has 2 aliphatic rings. The summed E-state index contributed by atoms with van der Waals surface area (Å²) in [6.07, 6.45) is 4.04. The molecular formula is C12H14F2N2. The van der Waals surface area contributed by atoms with Crippen molar-refractivity contribution in [2.75, 3.05) is 13.1 Å². The molecule has 2 heterocycles. The van der Waals surface area contributed by atoms with Crippen molar-refractivity contribution in [2.24, 2.45) is 11.3 Å². The Balaban J connectivity index is 1.62. The molecule has 1 spiro atoms. The lowest BCUT2D eigenvalue weighted by molar-refractivity contribution is 0.000107. The summed E-state index contributed by atoms with van der Waals surface area (Å²) in [5.74, 6) is -0.586. The molecule has 4 heteroatoms. The third-order valence-corrected chi connectivity index (χ3v) is 3.81. The first kappa shape index (κ1) is 10.1. The van der Waals surface area contributed by atoms with E-state index in [1.165, 1.54) is 0 Å². The molecule has 1 N–H and O–H groups in total. The molecule has 0 aromatic carbocycles. The number of nitrogens with one attached hydrogen (secondary N) is 1. The molecule has 1 aliphatic carbocycles. The molecule has 1 aromatic heterocycles. The van der Waals surface area contributed by atoms with Gasteiger partial charge in [-0.3, -0.25) is 4.98 Å². The number of hydrogen-bond donors (Lipinski definition) is 1. The minimum absolute atomic E-state index is 0.411. The van der Waals surface area contributed by atoms with Gasteiger partial charge in [0.25, 0.3) is 0 Å². The minimum atomic E-state index is -0.602. The molecule has 2 fully saturated rings. The highest BCUT2D eigenvalue weighted by Crippen LogP contribution is 2.49. The molecule has 86 valence electrons. The summed E-state index contributed by atoms with van der Waals surface area (Å²) in [4.78, 5) is 3.83. The van der Waals surface area contributed by atoms with E-state index in [1.807, 2.05) is 0 Å². The largest absolute Gasteiger partial charge is 0.316 e. The van der Waals surface area contributed by atoms with Gasteiger partial charge in [-0.2, -0.15) is 0 Å². The van der Waals surface area contributed by atoms with Crippen LogP contribution in [-0.4, -0.2) is 18.1 Å². The van der Waals surface area contributed by atoms with Crippen molar-refractivity contribution >= 4 is 0 Å². The first-order valence-electron chi connectivity index (χ1n) is 5.68. The SMILES string of the molecule is Fc1cnc(CC2CC3(CNC3)C2)c(F)c1. The fourth-order valence-electron chi connectivity index (χ4n) is 2.94. The fourth-order valence-corrected chi connectivity index (χ4v) is 2.94. The highest BCUT2D eigenvalue weighted by Gasteiger charge is 2.48. The predicted octanol–water partition coefficient (Wildman–Crippen LogP) is 1.90. The fraction of sp³-hybridized carbons (Fsp3) is 0.583. The normalized spacial score (nSPS) is 22.9. The van der Waals surface area contributed by atoms with Crippen molar-refractivity contribution < 1.29 is 8.78 Å². The van der Waals surface area contributed by atoms with E-state index in [0.29, 0.717) is 23.4 Å². The van der Waals surface area contributed by atoms with Gasteiger partial charge in [-0.25, -0.2) is 8.78 Å². The van der Waals surface area contributed by atoms with E-state index in [1.54, 1.807) is 0 Å². The number of halogens is 2. The lowest BCUT2D eigenvalue weighted by Gasteiger charge is -2.54. The zero-order valence-electron chi connectivity index (χ0n) is 8.97. The summed E-state index contributed by atoms with van der Waals surface area (Å²) < 4.78 is 26.0. The van der Waals surface area contributed by atoms with Crippen molar-refractivity contribution in [3.63, 3.8) is 0 Å². The van der Waals surface area contributed by atoms with Crippen LogP contribution in [0.25, 0.3) is 0 Å². The van der Waals surface area contributed by atoms with Gasteiger partial charge in [0.05, 0.1) is 11.9 Å². The Bertz CT molecular complexity index is 407. The molecule has 1 aliphatic heterocycles. The first-order chi connectivity index (χ1) is 7.67. The van der Waals surface area contributed by atoms with Crippen LogP contribution in [0.2, 0.25) is 0 Å². The third kappa shape index (κ3) is 1.61. The van der Waals surface area contributed by atoms with Crippen molar-refractivity contribution in [1.29, 1.82) is 0 Å². The van der Waals surface area contributed by atoms with Crippen LogP contribution in [0.3, 0.4) is 0 Å². The van der Waals surface area contributed by atoms with Gasteiger partial charge < -0.3 is 5.32 Å². The zero-order chi connectivity index (χ0) is 11.2. The average molecular weight is 224 g/mol. The van der Waals surface area contributed by atoms with Crippen LogP contribution in [0, 0.1) is 23.0 Å². The average Bonchev–Trinajstić information content (AvgIpc) is 2.10. The second kappa shape index (κ2) is 3.48. The van der Waals surface area contributed by atoms with Crippen LogP contribution in [0.5, 0.6) is 0 Å². The molecule has 0 radical (unpaired) electrons. The van der Waals surface area contributed by atoms with Crippen LogP contribution in [0.1, 0.15) is 18.5 Å². The molecule has 0 unspecified atom stereocenters. The molecule has 0 amide bonds. The topological polar surface area (TPSA) is 24.9 Å². The van der Waals surface area contributed by atoms with Gasteiger partial charge in [-0.05, 0) is 30.6 Å². The number of rotatable bonds is 2. The summed E-state index contributed by atoms with van der Waals surface area (Å²) in [6.45, 7) is 2.20. The van der Waals surface area contributed by atoms with Gasteiger partial charge in [-0.1, -0.05) is 0 Å². The van der Waals surface area contributed by atoms with E-state index >= 15 is 0 Å². The summed E-state index contributed by atoms with van der Waals surface area (Å²) in [6, 6.07) is 0.918. The maximum atomic E-state index is 13.3. The van der Waals surface area contributed by atoms with Gasteiger partial charge in [0, 0.05) is 19.2 Å². The summed E-state index contributed by atoms with van der Waals surface area (Å²) >= 11 is 0. The first-order valence-corrected chi connectivity index (χ1v) is 5.68.